The van der Waals surface area contributed by atoms with Gasteiger partial charge < -0.3 is 4.74 Å². The minimum absolute atomic E-state index is 0.343. The van der Waals surface area contributed by atoms with Crippen molar-refractivity contribution in [2.45, 2.75) is 38.3 Å². The third kappa shape index (κ3) is 5.36. The smallest absolute Gasteiger partial charge is 0.132 e. The summed E-state index contributed by atoms with van der Waals surface area (Å²) in [5.41, 5.74) is 2.58. The molecule has 0 aliphatic carbocycles. The lowest BCUT2D eigenvalue weighted by molar-refractivity contribution is 0.274. The number of hydrogen-bond acceptors (Lipinski definition) is 1. The standard InChI is InChI=1S/C31H30F2O/c1-3-5-10-29(31(33)26-12-11-22-8-6-7-9-24(22)20-26)25-15-18-28(30(32)21-25)23-13-16-27(17-14-23)34-19-4-2/h4,6-9,11-18,20-21,29,31H,2-3,5,10,19H2,1H3. The highest BCUT2D eigenvalue weighted by Crippen LogP contribution is 2.40. The average Bonchev–Trinajstić information content (AvgIpc) is 2.87. The second-order valence-corrected chi connectivity index (χ2v) is 8.62. The average molecular weight is 457 g/mol. The fraction of sp³-hybridized carbons (Fsp3) is 0.226. The van der Waals surface area contributed by atoms with Crippen LogP contribution in [-0.2, 0) is 0 Å². The van der Waals surface area contributed by atoms with E-state index in [1.54, 1.807) is 12.1 Å². The van der Waals surface area contributed by atoms with Crippen molar-refractivity contribution >= 4 is 10.8 Å². The topological polar surface area (TPSA) is 9.23 Å². The zero-order valence-electron chi connectivity index (χ0n) is 19.5. The molecule has 0 heterocycles. The van der Waals surface area contributed by atoms with Crippen molar-refractivity contribution in [2.75, 3.05) is 6.61 Å². The molecule has 0 bridgehead atoms. The van der Waals surface area contributed by atoms with Crippen LogP contribution in [0.15, 0.2) is 97.6 Å². The zero-order valence-corrected chi connectivity index (χ0v) is 19.5. The Kier molecular flexibility index (Phi) is 7.74. The summed E-state index contributed by atoms with van der Waals surface area (Å²) in [6, 6.07) is 26.1. The van der Waals surface area contributed by atoms with Crippen LogP contribution < -0.4 is 4.74 Å². The van der Waals surface area contributed by atoms with Crippen molar-refractivity contribution in [1.29, 1.82) is 0 Å². The van der Waals surface area contributed by atoms with Crippen LogP contribution in [0.4, 0.5) is 8.78 Å². The lowest BCUT2D eigenvalue weighted by Gasteiger charge is -2.23. The van der Waals surface area contributed by atoms with Crippen molar-refractivity contribution in [3.63, 3.8) is 0 Å². The fourth-order valence-electron chi connectivity index (χ4n) is 4.40. The van der Waals surface area contributed by atoms with Gasteiger partial charge in [0.05, 0.1) is 0 Å². The summed E-state index contributed by atoms with van der Waals surface area (Å²) in [6.45, 7) is 6.15. The predicted molar refractivity (Wildman–Crippen MR) is 138 cm³/mol. The maximum atomic E-state index is 15.9. The van der Waals surface area contributed by atoms with E-state index in [4.69, 9.17) is 4.74 Å². The monoisotopic (exact) mass is 456 g/mol. The van der Waals surface area contributed by atoms with Gasteiger partial charge >= 0.3 is 0 Å². The molecule has 0 aromatic heterocycles. The molecule has 0 aliphatic rings. The Morgan fingerprint density at radius 1 is 0.882 bits per heavy atom. The fourth-order valence-corrected chi connectivity index (χ4v) is 4.40. The van der Waals surface area contributed by atoms with Gasteiger partial charge in [0.25, 0.3) is 0 Å². The summed E-state index contributed by atoms with van der Waals surface area (Å²) in [6.07, 6.45) is 2.98. The lowest BCUT2D eigenvalue weighted by atomic mass is 9.85. The SMILES string of the molecule is C=CCOc1ccc(-c2ccc(C(CCCC)C(F)c3ccc4ccccc4c3)cc2F)cc1. The molecule has 0 radical (unpaired) electrons. The van der Waals surface area contributed by atoms with E-state index in [9.17, 15) is 0 Å². The van der Waals surface area contributed by atoms with Crippen LogP contribution >= 0.6 is 0 Å². The Morgan fingerprint density at radius 3 is 2.32 bits per heavy atom. The van der Waals surface area contributed by atoms with Crippen LogP contribution in [0.3, 0.4) is 0 Å². The number of benzene rings is 4. The molecule has 1 nitrogen and oxygen atoms in total. The molecule has 0 saturated heterocycles. The van der Waals surface area contributed by atoms with Crippen LogP contribution in [0.1, 0.15) is 49.4 Å². The van der Waals surface area contributed by atoms with Gasteiger partial charge in [0.1, 0.15) is 24.3 Å². The molecule has 0 saturated carbocycles. The molecule has 0 aliphatic heterocycles. The first-order chi connectivity index (χ1) is 16.6. The van der Waals surface area contributed by atoms with E-state index in [-0.39, 0.29) is 5.82 Å². The first kappa shape index (κ1) is 23.7. The van der Waals surface area contributed by atoms with Gasteiger partial charge in [0.2, 0.25) is 0 Å². The van der Waals surface area contributed by atoms with E-state index in [1.165, 1.54) is 6.07 Å². The van der Waals surface area contributed by atoms with E-state index in [2.05, 4.69) is 13.5 Å². The van der Waals surface area contributed by atoms with Gasteiger partial charge in [-0.25, -0.2) is 8.78 Å². The van der Waals surface area contributed by atoms with Crippen molar-refractivity contribution in [1.82, 2.24) is 0 Å². The molecule has 0 N–H and O–H groups in total. The molecular formula is C31H30F2O. The summed E-state index contributed by atoms with van der Waals surface area (Å²) in [4.78, 5) is 0. The number of fused-ring (bicyclic) bond motifs is 1. The van der Waals surface area contributed by atoms with E-state index in [0.717, 1.165) is 29.2 Å². The highest BCUT2D eigenvalue weighted by Gasteiger charge is 2.25. The van der Waals surface area contributed by atoms with Crippen molar-refractivity contribution in [2.24, 2.45) is 0 Å². The van der Waals surface area contributed by atoms with Gasteiger partial charge in [0.15, 0.2) is 0 Å². The number of alkyl halides is 1. The van der Waals surface area contributed by atoms with E-state index < -0.39 is 12.1 Å². The molecule has 3 heteroatoms. The van der Waals surface area contributed by atoms with E-state index in [0.29, 0.717) is 35.5 Å². The zero-order chi connectivity index (χ0) is 23.9. The van der Waals surface area contributed by atoms with Crippen LogP contribution in [0, 0.1) is 5.82 Å². The quantitative estimate of drug-likeness (QED) is 0.216. The van der Waals surface area contributed by atoms with Gasteiger partial charge in [-0.05, 0) is 58.1 Å². The van der Waals surface area contributed by atoms with Gasteiger partial charge in [-0.2, -0.15) is 0 Å². The second-order valence-electron chi connectivity index (χ2n) is 8.62. The van der Waals surface area contributed by atoms with Gasteiger partial charge in [-0.3, -0.25) is 0 Å². The first-order valence-electron chi connectivity index (χ1n) is 11.9. The second kappa shape index (κ2) is 11.1. The molecule has 174 valence electrons. The van der Waals surface area contributed by atoms with Gasteiger partial charge in [-0.1, -0.05) is 93.1 Å². The maximum Gasteiger partial charge on any atom is 0.132 e. The minimum Gasteiger partial charge on any atom is -0.490 e. The van der Waals surface area contributed by atoms with Crippen LogP contribution in [0.25, 0.3) is 21.9 Å². The van der Waals surface area contributed by atoms with Gasteiger partial charge in [-0.15, -0.1) is 0 Å². The molecule has 2 unspecified atom stereocenters. The summed E-state index contributed by atoms with van der Waals surface area (Å²) >= 11 is 0. The largest absolute Gasteiger partial charge is 0.490 e. The molecular weight excluding hydrogens is 426 g/mol. The van der Waals surface area contributed by atoms with Crippen molar-refractivity contribution < 1.29 is 13.5 Å². The number of ether oxygens (including phenoxy) is 1. The molecule has 4 rings (SSSR count). The summed E-state index contributed by atoms with van der Waals surface area (Å²) in [5, 5.41) is 2.10. The number of rotatable bonds is 10. The van der Waals surface area contributed by atoms with Crippen molar-refractivity contribution in [3.8, 4) is 16.9 Å². The molecule has 34 heavy (non-hydrogen) atoms. The number of halogens is 2. The van der Waals surface area contributed by atoms with E-state index in [1.807, 2.05) is 72.8 Å². The third-order valence-electron chi connectivity index (χ3n) is 6.27. The Labute approximate surface area is 200 Å². The number of unbranched alkanes of at least 4 members (excludes halogenated alkanes) is 1. The molecule has 4 aromatic rings. The summed E-state index contributed by atoms with van der Waals surface area (Å²) < 4.78 is 36.6. The molecule has 0 spiro atoms. The molecule has 0 amide bonds. The number of hydrogen-bond donors (Lipinski definition) is 0. The molecule has 0 fully saturated rings. The van der Waals surface area contributed by atoms with Crippen molar-refractivity contribution in [3.05, 3.63) is 115 Å². The predicted octanol–water partition coefficient (Wildman–Crippen LogP) is 9.20. The first-order valence-corrected chi connectivity index (χ1v) is 11.9. The van der Waals surface area contributed by atoms with Crippen LogP contribution in [0.2, 0.25) is 0 Å². The Morgan fingerprint density at radius 2 is 1.62 bits per heavy atom. The highest BCUT2D eigenvalue weighted by atomic mass is 19.1. The summed E-state index contributed by atoms with van der Waals surface area (Å²) in [5.74, 6) is -0.0419. The minimum atomic E-state index is -1.21. The van der Waals surface area contributed by atoms with E-state index >= 15 is 8.78 Å². The Hall–Kier alpha value is -3.46. The maximum absolute atomic E-state index is 15.9. The molecule has 2 atom stereocenters. The van der Waals surface area contributed by atoms with Crippen LogP contribution in [0.5, 0.6) is 5.75 Å². The van der Waals surface area contributed by atoms with Crippen LogP contribution in [-0.4, -0.2) is 6.61 Å². The summed E-state index contributed by atoms with van der Waals surface area (Å²) in [7, 11) is 0. The Bertz CT molecular complexity index is 1250. The normalized spacial score (nSPS) is 12.9. The molecule has 4 aromatic carbocycles. The lowest BCUT2D eigenvalue weighted by Crippen LogP contribution is -2.08. The Balaban J connectivity index is 1.61. The van der Waals surface area contributed by atoms with Gasteiger partial charge in [0, 0.05) is 11.5 Å². The third-order valence-corrected chi connectivity index (χ3v) is 6.27. The highest BCUT2D eigenvalue weighted by molar-refractivity contribution is 5.83.